The standard InChI is InChI=1S/C11H21N/c1-4-5-6-11(9-12)8-7-10(2)3/h4-5,9-12H,6-8H2,1-3H3/b5-4-,12-9?. The fourth-order valence-corrected chi connectivity index (χ4v) is 1.13. The van der Waals surface area contributed by atoms with Crippen LogP contribution in [0.1, 0.15) is 40.0 Å². The molecule has 0 fully saturated rings. The zero-order valence-electron chi connectivity index (χ0n) is 8.51. The van der Waals surface area contributed by atoms with Crippen LogP contribution in [0.4, 0.5) is 0 Å². The molecule has 0 spiro atoms. The number of hydrogen-bond donors (Lipinski definition) is 1. The predicted octanol–water partition coefficient (Wildman–Crippen LogP) is 3.65. The SMILES string of the molecule is C/C=C\CC(C=N)CCC(C)C. The summed E-state index contributed by atoms with van der Waals surface area (Å²) in [7, 11) is 0. The van der Waals surface area contributed by atoms with Crippen LogP contribution in [0.5, 0.6) is 0 Å². The van der Waals surface area contributed by atoms with Crippen LogP contribution in [-0.4, -0.2) is 6.21 Å². The molecule has 0 saturated carbocycles. The molecule has 0 aliphatic carbocycles. The first-order valence-corrected chi connectivity index (χ1v) is 4.82. The first kappa shape index (κ1) is 11.4. The summed E-state index contributed by atoms with van der Waals surface area (Å²) >= 11 is 0. The smallest absolute Gasteiger partial charge is 0.00136 e. The van der Waals surface area contributed by atoms with Crippen molar-refractivity contribution in [3.8, 4) is 0 Å². The highest BCUT2D eigenvalue weighted by molar-refractivity contribution is 5.56. The summed E-state index contributed by atoms with van der Waals surface area (Å²) in [5, 5.41) is 7.22. The van der Waals surface area contributed by atoms with Gasteiger partial charge in [-0.05, 0) is 37.8 Å². The van der Waals surface area contributed by atoms with E-state index in [1.54, 1.807) is 6.21 Å². The molecular weight excluding hydrogens is 146 g/mol. The maximum atomic E-state index is 7.22. The Morgan fingerprint density at radius 3 is 2.33 bits per heavy atom. The van der Waals surface area contributed by atoms with E-state index in [0.29, 0.717) is 5.92 Å². The molecule has 0 aromatic rings. The third-order valence-corrected chi connectivity index (χ3v) is 2.03. The molecule has 0 aliphatic rings. The van der Waals surface area contributed by atoms with Gasteiger partial charge in [0.15, 0.2) is 0 Å². The van der Waals surface area contributed by atoms with E-state index in [1.165, 1.54) is 6.42 Å². The van der Waals surface area contributed by atoms with E-state index in [4.69, 9.17) is 5.41 Å². The number of hydrogen-bond acceptors (Lipinski definition) is 1. The van der Waals surface area contributed by atoms with Crippen molar-refractivity contribution in [3.63, 3.8) is 0 Å². The summed E-state index contributed by atoms with van der Waals surface area (Å²) in [6, 6.07) is 0. The van der Waals surface area contributed by atoms with Crippen molar-refractivity contribution in [1.29, 1.82) is 5.41 Å². The van der Waals surface area contributed by atoms with E-state index in [2.05, 4.69) is 26.0 Å². The second-order valence-electron chi connectivity index (χ2n) is 3.70. The second kappa shape index (κ2) is 7.08. The average Bonchev–Trinajstić information content (AvgIpc) is 2.05. The molecule has 1 N–H and O–H groups in total. The van der Waals surface area contributed by atoms with Gasteiger partial charge >= 0.3 is 0 Å². The van der Waals surface area contributed by atoms with Crippen LogP contribution >= 0.6 is 0 Å². The molecule has 0 bridgehead atoms. The topological polar surface area (TPSA) is 23.9 Å². The quantitative estimate of drug-likeness (QED) is 0.461. The molecule has 0 aliphatic heterocycles. The van der Waals surface area contributed by atoms with E-state index in [-0.39, 0.29) is 0 Å². The summed E-state index contributed by atoms with van der Waals surface area (Å²) in [5.41, 5.74) is 0. The van der Waals surface area contributed by atoms with Gasteiger partial charge in [-0.15, -0.1) is 0 Å². The van der Waals surface area contributed by atoms with Crippen molar-refractivity contribution in [3.05, 3.63) is 12.2 Å². The Labute approximate surface area is 76.4 Å². The molecule has 0 radical (unpaired) electrons. The minimum Gasteiger partial charge on any atom is -0.313 e. The molecule has 0 aromatic heterocycles. The maximum absolute atomic E-state index is 7.22. The molecule has 1 unspecified atom stereocenters. The summed E-state index contributed by atoms with van der Waals surface area (Å²) in [4.78, 5) is 0. The Morgan fingerprint density at radius 2 is 1.92 bits per heavy atom. The molecular formula is C11H21N. The second-order valence-corrected chi connectivity index (χ2v) is 3.70. The number of rotatable bonds is 6. The Hall–Kier alpha value is -0.590. The van der Waals surface area contributed by atoms with Crippen LogP contribution in [0.3, 0.4) is 0 Å². The van der Waals surface area contributed by atoms with Crippen LogP contribution in [0.2, 0.25) is 0 Å². The van der Waals surface area contributed by atoms with Crippen LogP contribution in [-0.2, 0) is 0 Å². The van der Waals surface area contributed by atoms with Crippen LogP contribution in [0.25, 0.3) is 0 Å². The lowest BCUT2D eigenvalue weighted by molar-refractivity contribution is 0.502. The van der Waals surface area contributed by atoms with Gasteiger partial charge < -0.3 is 5.41 Å². The highest BCUT2D eigenvalue weighted by Crippen LogP contribution is 2.13. The van der Waals surface area contributed by atoms with Gasteiger partial charge in [-0.2, -0.15) is 0 Å². The van der Waals surface area contributed by atoms with E-state index in [1.807, 2.05) is 6.92 Å². The summed E-state index contributed by atoms with van der Waals surface area (Å²) in [6.07, 6.45) is 9.22. The molecule has 0 heterocycles. The largest absolute Gasteiger partial charge is 0.313 e. The third kappa shape index (κ3) is 6.14. The number of nitrogens with one attached hydrogen (secondary N) is 1. The van der Waals surface area contributed by atoms with Crippen molar-refractivity contribution in [2.24, 2.45) is 11.8 Å². The molecule has 0 rings (SSSR count). The van der Waals surface area contributed by atoms with Gasteiger partial charge in [-0.25, -0.2) is 0 Å². The zero-order valence-corrected chi connectivity index (χ0v) is 8.51. The van der Waals surface area contributed by atoms with Gasteiger partial charge in [-0.3, -0.25) is 0 Å². The van der Waals surface area contributed by atoms with Crippen molar-refractivity contribution in [2.75, 3.05) is 0 Å². The lowest BCUT2D eigenvalue weighted by atomic mass is 9.96. The van der Waals surface area contributed by atoms with Gasteiger partial charge in [0.2, 0.25) is 0 Å². The lowest BCUT2D eigenvalue weighted by Gasteiger charge is -2.10. The monoisotopic (exact) mass is 167 g/mol. The molecule has 12 heavy (non-hydrogen) atoms. The van der Waals surface area contributed by atoms with E-state index < -0.39 is 0 Å². The first-order valence-electron chi connectivity index (χ1n) is 4.82. The zero-order chi connectivity index (χ0) is 9.40. The minimum absolute atomic E-state index is 0.462. The first-order chi connectivity index (χ1) is 5.70. The van der Waals surface area contributed by atoms with E-state index in [0.717, 1.165) is 18.8 Å². The van der Waals surface area contributed by atoms with Crippen molar-refractivity contribution < 1.29 is 0 Å². The molecule has 70 valence electrons. The van der Waals surface area contributed by atoms with Gasteiger partial charge in [-0.1, -0.05) is 32.4 Å². The van der Waals surface area contributed by atoms with Gasteiger partial charge in [0.1, 0.15) is 0 Å². The van der Waals surface area contributed by atoms with Crippen LogP contribution < -0.4 is 0 Å². The molecule has 0 saturated heterocycles. The highest BCUT2D eigenvalue weighted by Gasteiger charge is 2.03. The fourth-order valence-electron chi connectivity index (χ4n) is 1.13. The van der Waals surface area contributed by atoms with Crippen LogP contribution in [0, 0.1) is 17.2 Å². The Bertz CT molecular complexity index is 136. The van der Waals surface area contributed by atoms with Gasteiger partial charge in [0.25, 0.3) is 0 Å². The van der Waals surface area contributed by atoms with E-state index >= 15 is 0 Å². The fraction of sp³-hybridized carbons (Fsp3) is 0.727. The number of allylic oxidation sites excluding steroid dienone is 2. The van der Waals surface area contributed by atoms with Crippen molar-refractivity contribution in [2.45, 2.75) is 40.0 Å². The Morgan fingerprint density at radius 1 is 1.25 bits per heavy atom. The summed E-state index contributed by atoms with van der Waals surface area (Å²) < 4.78 is 0. The Kier molecular flexibility index (Phi) is 6.73. The predicted molar refractivity (Wildman–Crippen MR) is 55.8 cm³/mol. The Balaban J connectivity index is 3.60. The normalized spacial score (nSPS) is 14.0. The summed E-state index contributed by atoms with van der Waals surface area (Å²) in [6.45, 7) is 6.50. The molecule has 0 aromatic carbocycles. The average molecular weight is 167 g/mol. The van der Waals surface area contributed by atoms with Gasteiger partial charge in [0, 0.05) is 0 Å². The molecule has 1 nitrogen and oxygen atoms in total. The lowest BCUT2D eigenvalue weighted by Crippen LogP contribution is -2.02. The van der Waals surface area contributed by atoms with Crippen molar-refractivity contribution >= 4 is 6.21 Å². The third-order valence-electron chi connectivity index (χ3n) is 2.03. The van der Waals surface area contributed by atoms with Gasteiger partial charge in [0.05, 0.1) is 0 Å². The highest BCUT2D eigenvalue weighted by atomic mass is 14.3. The molecule has 0 amide bonds. The maximum Gasteiger partial charge on any atom is -0.00136 e. The minimum atomic E-state index is 0.462. The molecule has 1 heteroatoms. The van der Waals surface area contributed by atoms with Crippen molar-refractivity contribution in [1.82, 2.24) is 0 Å². The summed E-state index contributed by atoms with van der Waals surface area (Å²) in [5.74, 6) is 1.22. The van der Waals surface area contributed by atoms with E-state index in [9.17, 15) is 0 Å². The molecule has 1 atom stereocenters. The van der Waals surface area contributed by atoms with Crippen LogP contribution in [0.15, 0.2) is 12.2 Å².